The second-order valence-electron chi connectivity index (χ2n) is 5.78. The molecule has 0 aliphatic rings. The fourth-order valence-electron chi connectivity index (χ4n) is 2.77. The monoisotopic (exact) mass is 348 g/mol. The van der Waals surface area contributed by atoms with Crippen LogP contribution in [0.1, 0.15) is 10.4 Å². The van der Waals surface area contributed by atoms with Crippen LogP contribution in [-0.2, 0) is 6.54 Å². The van der Waals surface area contributed by atoms with Crippen LogP contribution in [0.15, 0.2) is 76.5 Å². The molecule has 0 radical (unpaired) electrons. The highest BCUT2D eigenvalue weighted by Crippen LogP contribution is 2.10. The van der Waals surface area contributed by atoms with Crippen molar-refractivity contribution in [1.82, 2.24) is 19.7 Å². The highest BCUT2D eigenvalue weighted by molar-refractivity contribution is 5.94. The number of benzene rings is 1. The van der Waals surface area contributed by atoms with Gasteiger partial charge in [0.25, 0.3) is 11.5 Å². The first kappa shape index (κ1) is 15.9. The lowest BCUT2D eigenvalue weighted by molar-refractivity contribution is 0.0952. The van der Waals surface area contributed by atoms with Gasteiger partial charge in [0.1, 0.15) is 0 Å². The summed E-state index contributed by atoms with van der Waals surface area (Å²) in [5, 5.41) is 7.76. The van der Waals surface area contributed by atoms with Gasteiger partial charge in [-0.15, -0.1) is 0 Å². The molecule has 7 heteroatoms. The van der Waals surface area contributed by atoms with Gasteiger partial charge in [-0.25, -0.2) is 4.68 Å². The Kier molecular flexibility index (Phi) is 4.10. The molecule has 0 spiro atoms. The summed E-state index contributed by atoms with van der Waals surface area (Å²) in [5.74, 6) is -0.203. The molecule has 0 atom stereocenters. The molecule has 1 N–H and O–H groups in total. The molecular weight excluding hydrogens is 332 g/mol. The minimum absolute atomic E-state index is 0.203. The van der Waals surface area contributed by atoms with E-state index in [0.29, 0.717) is 24.2 Å². The summed E-state index contributed by atoms with van der Waals surface area (Å²) in [5.41, 5.74) is 1.46. The highest BCUT2D eigenvalue weighted by Gasteiger charge is 2.08. The molecule has 0 fully saturated rings. The first-order valence-corrected chi connectivity index (χ1v) is 8.17. The number of furan rings is 1. The summed E-state index contributed by atoms with van der Waals surface area (Å²) >= 11 is 0. The molecule has 0 saturated carbocycles. The number of hydrogen-bond donors (Lipinski definition) is 1. The lowest BCUT2D eigenvalue weighted by Crippen LogP contribution is -2.30. The molecule has 130 valence electrons. The van der Waals surface area contributed by atoms with E-state index in [0.717, 1.165) is 11.1 Å². The third-order valence-electron chi connectivity index (χ3n) is 4.10. The minimum Gasteiger partial charge on any atom is -0.459 e. The second kappa shape index (κ2) is 6.72. The van der Waals surface area contributed by atoms with Crippen LogP contribution in [0.4, 0.5) is 0 Å². The van der Waals surface area contributed by atoms with Crippen LogP contribution in [0.2, 0.25) is 0 Å². The molecule has 1 amide bonds. The van der Waals surface area contributed by atoms with Crippen molar-refractivity contribution in [3.05, 3.63) is 83.2 Å². The van der Waals surface area contributed by atoms with E-state index in [-0.39, 0.29) is 11.5 Å². The Bertz CT molecular complexity index is 1110. The summed E-state index contributed by atoms with van der Waals surface area (Å²) in [7, 11) is 0. The van der Waals surface area contributed by atoms with Gasteiger partial charge >= 0.3 is 0 Å². The number of carbonyl (C=O) groups excluding carboxylic acids is 1. The number of rotatable bonds is 5. The normalized spacial score (nSPS) is 10.9. The molecule has 0 unspecified atom stereocenters. The predicted molar refractivity (Wildman–Crippen MR) is 96.4 cm³/mol. The van der Waals surface area contributed by atoms with Crippen LogP contribution in [0.3, 0.4) is 0 Å². The molecular formula is C19H16N4O3. The lowest BCUT2D eigenvalue weighted by atomic mass is 10.2. The summed E-state index contributed by atoms with van der Waals surface area (Å²) in [6, 6.07) is 12.6. The number of nitrogens with one attached hydrogen (secondary N) is 1. The number of pyridine rings is 1. The van der Waals surface area contributed by atoms with Crippen LogP contribution < -0.4 is 10.9 Å². The summed E-state index contributed by atoms with van der Waals surface area (Å²) in [6.45, 7) is 0.691. The molecule has 7 nitrogen and oxygen atoms in total. The predicted octanol–water partition coefficient (Wildman–Crippen LogP) is 2.21. The van der Waals surface area contributed by atoms with Crippen LogP contribution in [0, 0.1) is 0 Å². The van der Waals surface area contributed by atoms with Gasteiger partial charge in [-0.05, 0) is 36.4 Å². The van der Waals surface area contributed by atoms with Gasteiger partial charge in [0, 0.05) is 42.6 Å². The van der Waals surface area contributed by atoms with Crippen molar-refractivity contribution >= 4 is 16.9 Å². The molecule has 3 aromatic heterocycles. The quantitative estimate of drug-likeness (QED) is 0.599. The highest BCUT2D eigenvalue weighted by atomic mass is 16.3. The van der Waals surface area contributed by atoms with Gasteiger partial charge in [-0.2, -0.15) is 5.10 Å². The fourth-order valence-corrected chi connectivity index (χ4v) is 2.77. The topological polar surface area (TPSA) is 82.1 Å². The van der Waals surface area contributed by atoms with E-state index >= 15 is 0 Å². The van der Waals surface area contributed by atoms with E-state index in [1.54, 1.807) is 41.3 Å². The molecule has 4 rings (SSSR count). The molecule has 3 heterocycles. The second-order valence-corrected chi connectivity index (χ2v) is 5.78. The average Bonchev–Trinajstić information content (AvgIpc) is 3.35. The first-order chi connectivity index (χ1) is 12.7. The first-order valence-electron chi connectivity index (χ1n) is 8.17. The number of aromatic nitrogens is 3. The Morgan fingerprint density at radius 1 is 1.15 bits per heavy atom. The van der Waals surface area contributed by atoms with Crippen molar-refractivity contribution in [3.8, 4) is 5.69 Å². The molecule has 0 aliphatic carbocycles. The third-order valence-corrected chi connectivity index (χ3v) is 4.10. The number of hydrogen-bond acceptors (Lipinski definition) is 4. The van der Waals surface area contributed by atoms with Crippen molar-refractivity contribution in [1.29, 1.82) is 0 Å². The van der Waals surface area contributed by atoms with E-state index in [4.69, 9.17) is 4.42 Å². The number of carbonyl (C=O) groups is 1. The number of fused-ring (bicyclic) bond motifs is 1. The summed E-state index contributed by atoms with van der Waals surface area (Å²) in [6.07, 6.45) is 6.68. The average molecular weight is 348 g/mol. The molecule has 0 aliphatic heterocycles. The molecule has 4 aromatic rings. The van der Waals surface area contributed by atoms with Crippen molar-refractivity contribution in [2.75, 3.05) is 6.54 Å². The summed E-state index contributed by atoms with van der Waals surface area (Å²) < 4.78 is 8.42. The van der Waals surface area contributed by atoms with Gasteiger partial charge in [-0.1, -0.05) is 6.07 Å². The molecule has 0 bridgehead atoms. The zero-order valence-electron chi connectivity index (χ0n) is 13.8. The standard InChI is InChI=1S/C19H16N4O3/c24-18(15-3-1-4-16(13-15)23-9-2-7-21-23)20-8-11-22-10-5-14-6-12-26-17(14)19(22)25/h1-7,9-10,12-13H,8,11H2,(H,20,24). The number of nitrogens with zero attached hydrogens (tertiary/aromatic N) is 3. The zero-order valence-corrected chi connectivity index (χ0v) is 13.8. The number of amides is 1. The van der Waals surface area contributed by atoms with E-state index in [1.165, 1.54) is 10.8 Å². The summed E-state index contributed by atoms with van der Waals surface area (Å²) in [4.78, 5) is 24.6. The Balaban J connectivity index is 1.43. The molecule has 0 saturated heterocycles. The third kappa shape index (κ3) is 3.02. The molecule has 26 heavy (non-hydrogen) atoms. The lowest BCUT2D eigenvalue weighted by Gasteiger charge is -2.09. The van der Waals surface area contributed by atoms with Crippen molar-refractivity contribution < 1.29 is 9.21 Å². The molecule has 1 aromatic carbocycles. The Hall–Kier alpha value is -3.61. The Morgan fingerprint density at radius 2 is 2.08 bits per heavy atom. The van der Waals surface area contributed by atoms with Gasteiger partial charge in [0.05, 0.1) is 12.0 Å². The van der Waals surface area contributed by atoms with Crippen LogP contribution in [0.5, 0.6) is 0 Å². The Morgan fingerprint density at radius 3 is 2.92 bits per heavy atom. The van der Waals surface area contributed by atoms with Gasteiger partial charge in [-0.3, -0.25) is 9.59 Å². The van der Waals surface area contributed by atoms with E-state index < -0.39 is 0 Å². The van der Waals surface area contributed by atoms with Crippen LogP contribution in [0.25, 0.3) is 16.7 Å². The van der Waals surface area contributed by atoms with E-state index in [1.807, 2.05) is 24.4 Å². The SMILES string of the molecule is O=C(NCCn1ccc2ccoc2c1=O)c1cccc(-n2cccn2)c1. The maximum atomic E-state index is 12.4. The fraction of sp³-hybridized carbons (Fsp3) is 0.105. The van der Waals surface area contributed by atoms with Gasteiger partial charge < -0.3 is 14.3 Å². The van der Waals surface area contributed by atoms with Crippen molar-refractivity contribution in [3.63, 3.8) is 0 Å². The Labute approximate surface area is 148 Å². The maximum Gasteiger partial charge on any atom is 0.294 e. The smallest absolute Gasteiger partial charge is 0.294 e. The zero-order chi connectivity index (χ0) is 17.9. The minimum atomic E-state index is -0.206. The van der Waals surface area contributed by atoms with E-state index in [9.17, 15) is 9.59 Å². The van der Waals surface area contributed by atoms with Gasteiger partial charge in [0.15, 0.2) is 5.58 Å². The maximum absolute atomic E-state index is 12.4. The van der Waals surface area contributed by atoms with E-state index in [2.05, 4.69) is 10.4 Å². The van der Waals surface area contributed by atoms with Crippen molar-refractivity contribution in [2.45, 2.75) is 6.54 Å². The van der Waals surface area contributed by atoms with Crippen molar-refractivity contribution in [2.24, 2.45) is 0 Å². The van der Waals surface area contributed by atoms with Crippen LogP contribution in [-0.4, -0.2) is 26.8 Å². The largest absolute Gasteiger partial charge is 0.459 e. The van der Waals surface area contributed by atoms with Gasteiger partial charge in [0.2, 0.25) is 0 Å². The van der Waals surface area contributed by atoms with Crippen LogP contribution >= 0.6 is 0 Å².